The van der Waals surface area contributed by atoms with E-state index in [0.717, 1.165) is 0 Å². The molecule has 0 spiro atoms. The fourth-order valence-corrected chi connectivity index (χ4v) is 1.59. The van der Waals surface area contributed by atoms with Crippen LogP contribution in [-0.4, -0.2) is 55.7 Å². The minimum absolute atomic E-state index is 0. The maximum atomic E-state index is 13.0. The second-order valence-corrected chi connectivity index (χ2v) is 5.68. The van der Waals surface area contributed by atoms with Crippen LogP contribution < -0.4 is 18.9 Å². The first-order chi connectivity index (χ1) is 11.7. The van der Waals surface area contributed by atoms with Crippen molar-refractivity contribution < 1.29 is 102 Å². The molecule has 1 unspecified atom stereocenters. The number of rotatable bonds is 7. The van der Waals surface area contributed by atoms with Gasteiger partial charge in [-0.05, 0) is 0 Å². The summed E-state index contributed by atoms with van der Waals surface area (Å²) >= 11 is -5.81. The molecule has 0 aliphatic rings. The van der Waals surface area contributed by atoms with Crippen LogP contribution in [0.3, 0.4) is 0 Å². The van der Waals surface area contributed by atoms with Gasteiger partial charge in [-0.2, -0.15) is 74.6 Å². The van der Waals surface area contributed by atoms with Gasteiger partial charge in [-0.3, -0.25) is 4.21 Å². The standard InChI is InChI=1S/C8HF17O2S.Li/c9-1(10,3(13,14)5(17,18)7(21,22)23)2(11,12)4(15,16)6(19,20)8(24,25)28(26)27;/h(H,26,27);/q;+1/p-1. The van der Waals surface area contributed by atoms with E-state index in [0.29, 0.717) is 0 Å². The van der Waals surface area contributed by atoms with Gasteiger partial charge in [0.15, 0.2) is 0 Å². The van der Waals surface area contributed by atoms with Gasteiger partial charge in [0.25, 0.3) is 0 Å². The topological polar surface area (TPSA) is 40.1 Å². The second-order valence-electron chi connectivity index (χ2n) is 4.70. The van der Waals surface area contributed by atoms with Crippen LogP contribution in [-0.2, 0) is 11.1 Å². The molecule has 0 aliphatic heterocycles. The van der Waals surface area contributed by atoms with E-state index < -0.39 is 58.0 Å². The van der Waals surface area contributed by atoms with Crippen molar-refractivity contribution >= 4 is 11.1 Å². The van der Waals surface area contributed by atoms with Gasteiger partial charge in [0, 0.05) is 11.1 Å². The van der Waals surface area contributed by atoms with E-state index in [-0.39, 0.29) is 18.9 Å². The predicted molar refractivity (Wildman–Crippen MR) is 49.6 cm³/mol. The van der Waals surface area contributed by atoms with Crippen LogP contribution in [0, 0.1) is 0 Å². The molecule has 0 rings (SSSR count). The number of hydrogen-bond donors (Lipinski definition) is 0. The molecule has 0 bridgehead atoms. The van der Waals surface area contributed by atoms with Crippen LogP contribution in [0.25, 0.3) is 0 Å². The number of hydrogen-bond acceptors (Lipinski definition) is 2. The Labute approximate surface area is 161 Å². The third kappa shape index (κ3) is 3.82. The predicted octanol–water partition coefficient (Wildman–Crippen LogP) is 1.84. The fraction of sp³-hybridized carbons (Fsp3) is 1.00. The Morgan fingerprint density at radius 3 is 0.862 bits per heavy atom. The summed E-state index contributed by atoms with van der Waals surface area (Å²) < 4.78 is 233. The Morgan fingerprint density at radius 1 is 0.448 bits per heavy atom. The first-order valence-corrected chi connectivity index (χ1v) is 6.58. The monoisotopic (exact) mass is 490 g/mol. The first kappa shape index (κ1) is 30.7. The normalized spacial score (nSPS) is 17.0. The molecule has 21 heteroatoms. The van der Waals surface area contributed by atoms with E-state index in [1.807, 2.05) is 0 Å². The van der Waals surface area contributed by atoms with Gasteiger partial charge in [0.05, 0.1) is 0 Å². The van der Waals surface area contributed by atoms with E-state index in [1.54, 1.807) is 0 Å². The van der Waals surface area contributed by atoms with Crippen LogP contribution in [0.1, 0.15) is 0 Å². The average molecular weight is 490 g/mol. The van der Waals surface area contributed by atoms with Gasteiger partial charge < -0.3 is 4.55 Å². The zero-order valence-corrected chi connectivity index (χ0v) is 13.5. The Kier molecular flexibility index (Phi) is 8.03. The van der Waals surface area contributed by atoms with Crippen molar-refractivity contribution in [2.45, 2.75) is 47.0 Å². The summed E-state index contributed by atoms with van der Waals surface area (Å²) in [6.07, 6.45) is -7.84. The van der Waals surface area contributed by atoms with E-state index >= 15 is 0 Å². The van der Waals surface area contributed by atoms with Crippen LogP contribution in [0.2, 0.25) is 0 Å². The van der Waals surface area contributed by atoms with Crippen molar-refractivity contribution in [1.82, 2.24) is 0 Å². The molecule has 29 heavy (non-hydrogen) atoms. The maximum absolute atomic E-state index is 13.0. The number of alkyl halides is 17. The molecule has 0 fully saturated rings. The fourth-order valence-electron chi connectivity index (χ4n) is 1.25. The SMILES string of the molecule is O=S([O-])C(F)(F)C(F)(F)C(F)(F)C(F)(F)C(F)(F)C(F)(F)C(F)(F)C(F)(F)F.[Li+]. The molecule has 0 N–H and O–H groups in total. The molecule has 0 radical (unpaired) electrons. The molecule has 0 aliphatic carbocycles. The summed E-state index contributed by atoms with van der Waals surface area (Å²) in [7, 11) is 0. The molecule has 0 heterocycles. The van der Waals surface area contributed by atoms with Crippen molar-refractivity contribution in [2.24, 2.45) is 0 Å². The summed E-state index contributed by atoms with van der Waals surface area (Å²) in [4.78, 5) is 0. The summed E-state index contributed by atoms with van der Waals surface area (Å²) in [6.45, 7) is 0. The summed E-state index contributed by atoms with van der Waals surface area (Å²) in [5, 5.41) is -7.39. The average Bonchev–Trinajstić information content (AvgIpc) is 2.44. The van der Waals surface area contributed by atoms with E-state index in [4.69, 9.17) is 0 Å². The first-order valence-electron chi connectivity index (χ1n) is 5.50. The van der Waals surface area contributed by atoms with Crippen LogP contribution in [0.15, 0.2) is 0 Å². The Hall–Kier alpha value is -0.483. The molecular weight excluding hydrogens is 490 g/mol. The van der Waals surface area contributed by atoms with Gasteiger partial charge in [0.2, 0.25) is 0 Å². The third-order valence-corrected chi connectivity index (χ3v) is 3.58. The smallest absolute Gasteiger partial charge is 0.768 e. The summed E-state index contributed by atoms with van der Waals surface area (Å²) in [6, 6.07) is 0. The van der Waals surface area contributed by atoms with Gasteiger partial charge >= 0.3 is 65.8 Å². The van der Waals surface area contributed by atoms with Gasteiger partial charge in [-0.15, -0.1) is 0 Å². The Morgan fingerprint density at radius 2 is 0.655 bits per heavy atom. The van der Waals surface area contributed by atoms with Crippen molar-refractivity contribution in [3.05, 3.63) is 0 Å². The van der Waals surface area contributed by atoms with Crippen molar-refractivity contribution in [3.63, 3.8) is 0 Å². The molecule has 2 nitrogen and oxygen atoms in total. The second kappa shape index (κ2) is 7.58. The van der Waals surface area contributed by atoms with Crippen LogP contribution in [0.5, 0.6) is 0 Å². The molecule has 0 aromatic carbocycles. The van der Waals surface area contributed by atoms with Crippen molar-refractivity contribution in [1.29, 1.82) is 0 Å². The molecule has 0 saturated heterocycles. The largest absolute Gasteiger partial charge is 1.00 e. The Balaban J connectivity index is 0. The molecule has 1 atom stereocenters. The van der Waals surface area contributed by atoms with Gasteiger partial charge in [-0.25, -0.2) is 0 Å². The minimum Gasteiger partial charge on any atom is -0.768 e. The van der Waals surface area contributed by atoms with E-state index in [1.165, 1.54) is 0 Å². The molecule has 0 aromatic heterocycles. The molecule has 170 valence electrons. The van der Waals surface area contributed by atoms with Gasteiger partial charge in [0.1, 0.15) is 0 Å². The maximum Gasteiger partial charge on any atom is 1.00 e. The van der Waals surface area contributed by atoms with E-state index in [2.05, 4.69) is 0 Å². The molecule has 0 aromatic rings. The van der Waals surface area contributed by atoms with E-state index in [9.17, 15) is 83.4 Å². The number of halogens is 17. The molecular formula is C8F17LiO2S. The summed E-state index contributed by atoms with van der Waals surface area (Å²) in [5.74, 6) is -51.2. The van der Waals surface area contributed by atoms with Crippen molar-refractivity contribution in [2.75, 3.05) is 0 Å². The van der Waals surface area contributed by atoms with Gasteiger partial charge in [-0.1, -0.05) is 0 Å². The van der Waals surface area contributed by atoms with Crippen molar-refractivity contribution in [3.8, 4) is 0 Å². The summed E-state index contributed by atoms with van der Waals surface area (Å²) in [5.41, 5.74) is 0. The molecule has 0 amide bonds. The third-order valence-electron chi connectivity index (χ3n) is 2.90. The minimum atomic E-state index is -8.77. The zero-order valence-electron chi connectivity index (χ0n) is 12.7. The van der Waals surface area contributed by atoms with Crippen LogP contribution in [0.4, 0.5) is 74.6 Å². The molecule has 0 saturated carbocycles. The van der Waals surface area contributed by atoms with Crippen LogP contribution >= 0.6 is 0 Å². The quantitative estimate of drug-likeness (QED) is 0.311. The Bertz CT molecular complexity index is 625. The zero-order chi connectivity index (χ0) is 23.6.